The van der Waals surface area contributed by atoms with Gasteiger partial charge in [-0.25, -0.2) is 4.98 Å². The van der Waals surface area contributed by atoms with E-state index in [2.05, 4.69) is 9.97 Å². The van der Waals surface area contributed by atoms with Crippen molar-refractivity contribution in [3.05, 3.63) is 17.6 Å². The number of aryl methyl sites for hydroxylation is 1. The largest absolute Gasteiger partial charge is 0.493 e. The van der Waals surface area contributed by atoms with Crippen molar-refractivity contribution >= 4 is 5.78 Å². The maximum absolute atomic E-state index is 10.7. The summed E-state index contributed by atoms with van der Waals surface area (Å²) in [5.41, 5.74) is 0.163. The second-order valence-corrected chi connectivity index (χ2v) is 2.21. The van der Waals surface area contributed by atoms with Gasteiger partial charge in [0.2, 0.25) is 5.88 Å². The van der Waals surface area contributed by atoms with E-state index >= 15 is 0 Å². The van der Waals surface area contributed by atoms with E-state index in [1.807, 2.05) is 0 Å². The van der Waals surface area contributed by atoms with Crippen LogP contribution in [0.15, 0.2) is 6.20 Å². The van der Waals surface area contributed by atoms with E-state index in [9.17, 15) is 4.79 Å². The first-order valence-electron chi connectivity index (χ1n) is 3.15. The minimum absolute atomic E-state index is 0.163. The fourth-order valence-electron chi connectivity index (χ4n) is 0.706. The van der Waals surface area contributed by atoms with Crippen molar-refractivity contribution in [1.82, 2.24) is 9.97 Å². The van der Waals surface area contributed by atoms with Gasteiger partial charge in [-0.2, -0.15) is 4.98 Å². The maximum Gasteiger partial charge on any atom is 0.225 e. The van der Waals surface area contributed by atoms with Crippen LogP contribution in [0.3, 0.4) is 0 Å². The Balaban J connectivity index is 3.20. The number of Topliss-reactive ketones (excluding diaryl/α,β-unsaturated/α-hetero) is 1. The van der Waals surface area contributed by atoms with E-state index in [0.717, 1.165) is 0 Å². The van der Waals surface area contributed by atoms with Crippen LogP contribution >= 0.6 is 0 Å². The molecule has 11 heavy (non-hydrogen) atoms. The van der Waals surface area contributed by atoms with Crippen LogP contribution in [0.5, 0.6) is 5.88 Å². The summed E-state index contributed by atoms with van der Waals surface area (Å²) in [7, 11) is 0. The number of rotatable bonds is 1. The van der Waals surface area contributed by atoms with Crippen molar-refractivity contribution in [2.45, 2.75) is 13.8 Å². The predicted molar refractivity (Wildman–Crippen MR) is 38.4 cm³/mol. The van der Waals surface area contributed by atoms with Gasteiger partial charge in [0.1, 0.15) is 5.82 Å². The molecule has 0 amide bonds. The van der Waals surface area contributed by atoms with Crippen LogP contribution < -0.4 is 0 Å². The lowest BCUT2D eigenvalue weighted by Crippen LogP contribution is -1.97. The summed E-state index contributed by atoms with van der Waals surface area (Å²) >= 11 is 0. The summed E-state index contributed by atoms with van der Waals surface area (Å²) in [4.78, 5) is 18.1. The third kappa shape index (κ3) is 1.52. The SMILES string of the molecule is CC(=O)c1cnc(C)nc1O. The molecule has 0 unspecified atom stereocenters. The van der Waals surface area contributed by atoms with Gasteiger partial charge in [-0.1, -0.05) is 0 Å². The molecule has 0 atom stereocenters. The third-order valence-corrected chi connectivity index (χ3v) is 1.27. The topological polar surface area (TPSA) is 63.1 Å². The smallest absolute Gasteiger partial charge is 0.225 e. The van der Waals surface area contributed by atoms with Crippen LogP contribution in [0.2, 0.25) is 0 Å². The molecule has 58 valence electrons. The highest BCUT2D eigenvalue weighted by molar-refractivity contribution is 5.95. The standard InChI is InChI=1S/C7H8N2O2/c1-4(10)6-3-8-5(2)9-7(6)11/h3H,1-2H3,(H,8,9,11). The molecule has 1 aromatic rings. The molecule has 4 nitrogen and oxygen atoms in total. The Labute approximate surface area is 63.9 Å². The van der Waals surface area contributed by atoms with E-state index in [1.54, 1.807) is 6.92 Å². The Bertz CT molecular complexity index is 296. The van der Waals surface area contributed by atoms with Gasteiger partial charge in [0.05, 0.1) is 5.56 Å². The Kier molecular flexibility index (Phi) is 1.85. The minimum atomic E-state index is -0.245. The lowest BCUT2D eigenvalue weighted by Gasteiger charge is -1.97. The summed E-state index contributed by atoms with van der Waals surface area (Å²) < 4.78 is 0. The van der Waals surface area contributed by atoms with Crippen LogP contribution in [0.1, 0.15) is 23.1 Å². The molecule has 1 N–H and O–H groups in total. The minimum Gasteiger partial charge on any atom is -0.493 e. The van der Waals surface area contributed by atoms with Gasteiger partial charge in [-0.05, 0) is 13.8 Å². The van der Waals surface area contributed by atoms with Crippen molar-refractivity contribution in [2.24, 2.45) is 0 Å². The average molecular weight is 152 g/mol. The zero-order chi connectivity index (χ0) is 8.43. The number of nitrogens with zero attached hydrogens (tertiary/aromatic N) is 2. The second-order valence-electron chi connectivity index (χ2n) is 2.21. The molecule has 0 aliphatic carbocycles. The van der Waals surface area contributed by atoms with Gasteiger partial charge < -0.3 is 5.11 Å². The van der Waals surface area contributed by atoms with Gasteiger partial charge in [-0.15, -0.1) is 0 Å². The van der Waals surface area contributed by atoms with Crippen LogP contribution in [-0.2, 0) is 0 Å². The monoisotopic (exact) mass is 152 g/mol. The molecule has 4 heteroatoms. The molecule has 0 aliphatic rings. The summed E-state index contributed by atoms with van der Waals surface area (Å²) in [6.07, 6.45) is 1.32. The van der Waals surface area contributed by atoms with Gasteiger partial charge in [-0.3, -0.25) is 4.79 Å². The predicted octanol–water partition coefficient (Wildman–Crippen LogP) is 0.693. The highest BCUT2D eigenvalue weighted by Crippen LogP contribution is 2.11. The normalized spacial score (nSPS) is 9.64. The first-order valence-corrected chi connectivity index (χ1v) is 3.15. The molecule has 1 aromatic heterocycles. The van der Waals surface area contributed by atoms with Crippen molar-refractivity contribution in [3.63, 3.8) is 0 Å². The molecule has 1 rings (SSSR count). The van der Waals surface area contributed by atoms with Crippen molar-refractivity contribution in [2.75, 3.05) is 0 Å². The molecular formula is C7H8N2O2. The lowest BCUT2D eigenvalue weighted by atomic mass is 10.2. The zero-order valence-corrected chi connectivity index (χ0v) is 6.33. The molecule has 0 fully saturated rings. The van der Waals surface area contributed by atoms with Gasteiger partial charge in [0.25, 0.3) is 0 Å². The third-order valence-electron chi connectivity index (χ3n) is 1.27. The van der Waals surface area contributed by atoms with Gasteiger partial charge >= 0.3 is 0 Å². The first kappa shape index (κ1) is 7.65. The Morgan fingerprint density at radius 1 is 1.64 bits per heavy atom. The van der Waals surface area contributed by atoms with Crippen molar-refractivity contribution < 1.29 is 9.90 Å². The number of ketones is 1. The number of aromatic hydroxyl groups is 1. The number of aromatic nitrogens is 2. The van der Waals surface area contributed by atoms with E-state index < -0.39 is 0 Å². The number of carbonyl (C=O) groups is 1. The van der Waals surface area contributed by atoms with Gasteiger partial charge in [0, 0.05) is 6.20 Å². The van der Waals surface area contributed by atoms with Crippen LogP contribution in [0.4, 0.5) is 0 Å². The highest BCUT2D eigenvalue weighted by Gasteiger charge is 2.07. The molecule has 0 aliphatic heterocycles. The summed E-state index contributed by atoms with van der Waals surface area (Å²) in [5, 5.41) is 9.09. The molecule has 0 bridgehead atoms. The van der Waals surface area contributed by atoms with Gasteiger partial charge in [0.15, 0.2) is 5.78 Å². The second kappa shape index (κ2) is 2.65. The van der Waals surface area contributed by atoms with Crippen LogP contribution in [0.25, 0.3) is 0 Å². The molecule has 0 spiro atoms. The Morgan fingerprint density at radius 3 is 2.73 bits per heavy atom. The van der Waals surface area contributed by atoms with E-state index in [0.29, 0.717) is 5.82 Å². The molecule has 0 radical (unpaired) electrons. The summed E-state index contributed by atoms with van der Waals surface area (Å²) in [5.74, 6) is -0.0278. The number of hydrogen-bond acceptors (Lipinski definition) is 4. The first-order chi connectivity index (χ1) is 5.11. The summed E-state index contributed by atoms with van der Waals surface area (Å²) in [6, 6.07) is 0. The van der Waals surface area contributed by atoms with E-state index in [-0.39, 0.29) is 17.2 Å². The van der Waals surface area contributed by atoms with E-state index in [4.69, 9.17) is 5.11 Å². The van der Waals surface area contributed by atoms with Crippen LogP contribution in [0, 0.1) is 6.92 Å². The molecule has 1 heterocycles. The zero-order valence-electron chi connectivity index (χ0n) is 6.33. The Morgan fingerprint density at radius 2 is 2.27 bits per heavy atom. The average Bonchev–Trinajstić information content (AvgIpc) is 1.85. The number of hydrogen-bond donors (Lipinski definition) is 1. The quantitative estimate of drug-likeness (QED) is 0.601. The molecular weight excluding hydrogens is 144 g/mol. The summed E-state index contributed by atoms with van der Waals surface area (Å²) in [6.45, 7) is 3.00. The highest BCUT2D eigenvalue weighted by atomic mass is 16.3. The fourth-order valence-corrected chi connectivity index (χ4v) is 0.706. The fraction of sp³-hybridized carbons (Fsp3) is 0.286. The molecule has 0 saturated carbocycles. The molecule has 0 saturated heterocycles. The van der Waals surface area contributed by atoms with Crippen molar-refractivity contribution in [1.29, 1.82) is 0 Å². The number of carbonyl (C=O) groups excluding carboxylic acids is 1. The van der Waals surface area contributed by atoms with E-state index in [1.165, 1.54) is 13.1 Å². The Hall–Kier alpha value is -1.45. The molecule has 0 aromatic carbocycles. The maximum atomic E-state index is 10.7. The van der Waals surface area contributed by atoms with Crippen LogP contribution in [-0.4, -0.2) is 20.9 Å². The van der Waals surface area contributed by atoms with Crippen molar-refractivity contribution in [3.8, 4) is 5.88 Å². The lowest BCUT2D eigenvalue weighted by molar-refractivity contribution is 0.101.